The number of halogens is 1. The minimum Gasteiger partial charge on any atom is -0.344 e. The van der Waals surface area contributed by atoms with Crippen LogP contribution < -0.4 is 5.73 Å². The predicted octanol–water partition coefficient (Wildman–Crippen LogP) is 0.234. The zero-order valence-electron chi connectivity index (χ0n) is 7.13. The first kappa shape index (κ1) is 10.7. The van der Waals surface area contributed by atoms with Crippen molar-refractivity contribution < 1.29 is 4.79 Å². The molecule has 1 amide bonds. The van der Waals surface area contributed by atoms with Gasteiger partial charge in [0.15, 0.2) is 0 Å². The Labute approximate surface area is 73.3 Å². The number of hydrogen-bond acceptors (Lipinski definition) is 2. The number of carbonyl (C=O) groups is 1. The Kier molecular flexibility index (Phi) is 2.91. The Hall–Kier alpha value is -0.280. The van der Waals surface area contributed by atoms with Crippen molar-refractivity contribution in [1.82, 2.24) is 4.90 Å². The fraction of sp³-hybridized carbons (Fsp3) is 0.857. The van der Waals surface area contributed by atoms with Gasteiger partial charge in [0.25, 0.3) is 0 Å². The van der Waals surface area contributed by atoms with Gasteiger partial charge in [0.1, 0.15) is 0 Å². The van der Waals surface area contributed by atoms with Gasteiger partial charge in [-0.2, -0.15) is 0 Å². The van der Waals surface area contributed by atoms with E-state index in [9.17, 15) is 4.79 Å². The van der Waals surface area contributed by atoms with Crippen molar-refractivity contribution >= 4 is 18.3 Å². The van der Waals surface area contributed by atoms with E-state index in [1.54, 1.807) is 11.9 Å². The maximum atomic E-state index is 11.1. The lowest BCUT2D eigenvalue weighted by Gasteiger charge is -2.19. The number of hydrogen-bond donors (Lipinski definition) is 1. The number of nitrogens with two attached hydrogens (primary N) is 1. The fourth-order valence-electron chi connectivity index (χ4n) is 1.36. The summed E-state index contributed by atoms with van der Waals surface area (Å²) in [4.78, 5) is 12.8. The van der Waals surface area contributed by atoms with E-state index < -0.39 is 0 Å². The molecule has 11 heavy (non-hydrogen) atoms. The number of amides is 1. The molecule has 1 atom stereocenters. The van der Waals surface area contributed by atoms with E-state index in [-0.39, 0.29) is 29.8 Å². The van der Waals surface area contributed by atoms with Crippen molar-refractivity contribution in [2.75, 3.05) is 13.6 Å². The molecule has 0 aromatic carbocycles. The molecular weight excluding hydrogens is 164 g/mol. The normalized spacial score (nSPS) is 28.5. The second kappa shape index (κ2) is 2.99. The summed E-state index contributed by atoms with van der Waals surface area (Å²) in [6.45, 7) is 4.80. The lowest BCUT2D eigenvalue weighted by atomic mass is 9.88. The highest BCUT2D eigenvalue weighted by molar-refractivity contribution is 5.85. The highest BCUT2D eigenvalue weighted by Gasteiger charge is 2.41. The summed E-state index contributed by atoms with van der Waals surface area (Å²) in [5, 5.41) is 0. The molecule has 1 fully saturated rings. The summed E-state index contributed by atoms with van der Waals surface area (Å²) < 4.78 is 0. The van der Waals surface area contributed by atoms with Gasteiger partial charge in [-0.15, -0.1) is 12.4 Å². The van der Waals surface area contributed by atoms with Crippen LogP contribution >= 0.6 is 12.4 Å². The van der Waals surface area contributed by atoms with Crippen LogP contribution in [-0.2, 0) is 4.79 Å². The van der Waals surface area contributed by atoms with Gasteiger partial charge < -0.3 is 10.6 Å². The van der Waals surface area contributed by atoms with Gasteiger partial charge in [-0.1, -0.05) is 13.8 Å². The third-order valence-corrected chi connectivity index (χ3v) is 2.13. The maximum absolute atomic E-state index is 11.1. The highest BCUT2D eigenvalue weighted by Crippen LogP contribution is 2.27. The molecule has 1 aliphatic heterocycles. The number of carbonyl (C=O) groups excluding carboxylic acids is 1. The van der Waals surface area contributed by atoms with Crippen molar-refractivity contribution in [3.63, 3.8) is 0 Å². The summed E-state index contributed by atoms with van der Waals surface area (Å²) in [6.07, 6.45) is 0. The Balaban J connectivity index is 0.000001000. The molecule has 66 valence electrons. The smallest absolute Gasteiger partial charge is 0.239 e. The van der Waals surface area contributed by atoms with Gasteiger partial charge in [0.2, 0.25) is 5.91 Å². The van der Waals surface area contributed by atoms with E-state index in [1.807, 2.05) is 13.8 Å². The lowest BCUT2D eigenvalue weighted by Crippen LogP contribution is -2.38. The largest absolute Gasteiger partial charge is 0.344 e. The van der Waals surface area contributed by atoms with Gasteiger partial charge in [-0.3, -0.25) is 4.79 Å². The topological polar surface area (TPSA) is 46.3 Å². The van der Waals surface area contributed by atoms with Crippen LogP contribution in [0.25, 0.3) is 0 Å². The van der Waals surface area contributed by atoms with Gasteiger partial charge >= 0.3 is 0 Å². The van der Waals surface area contributed by atoms with Crippen LogP contribution in [0.3, 0.4) is 0 Å². The maximum Gasteiger partial charge on any atom is 0.239 e. The zero-order chi connectivity index (χ0) is 7.94. The van der Waals surface area contributed by atoms with Crippen molar-refractivity contribution in [1.29, 1.82) is 0 Å². The molecule has 1 unspecified atom stereocenters. The van der Waals surface area contributed by atoms with Crippen molar-refractivity contribution in [3.8, 4) is 0 Å². The fourth-order valence-corrected chi connectivity index (χ4v) is 1.36. The van der Waals surface area contributed by atoms with E-state index in [4.69, 9.17) is 5.73 Å². The van der Waals surface area contributed by atoms with E-state index in [0.29, 0.717) is 0 Å². The summed E-state index contributed by atoms with van der Waals surface area (Å²) in [5.74, 6) is 0.0602. The van der Waals surface area contributed by atoms with Crippen molar-refractivity contribution in [2.24, 2.45) is 11.1 Å². The Morgan fingerprint density at radius 1 is 1.64 bits per heavy atom. The van der Waals surface area contributed by atoms with Crippen LogP contribution in [0.4, 0.5) is 0 Å². The molecule has 1 heterocycles. The van der Waals surface area contributed by atoms with Crippen LogP contribution in [-0.4, -0.2) is 30.4 Å². The molecule has 0 radical (unpaired) electrons. The SMILES string of the molecule is CN1CC(C)(C)C(N)C1=O.Cl. The summed E-state index contributed by atoms with van der Waals surface area (Å²) in [6, 6.07) is -0.308. The van der Waals surface area contributed by atoms with E-state index in [2.05, 4.69) is 0 Å². The highest BCUT2D eigenvalue weighted by atomic mass is 35.5. The number of rotatable bonds is 0. The average Bonchev–Trinajstić information content (AvgIpc) is 1.95. The molecule has 0 saturated carbocycles. The van der Waals surface area contributed by atoms with Crippen molar-refractivity contribution in [2.45, 2.75) is 19.9 Å². The number of nitrogens with zero attached hydrogens (tertiary/aromatic N) is 1. The Morgan fingerprint density at radius 2 is 2.09 bits per heavy atom. The third kappa shape index (κ3) is 1.65. The third-order valence-electron chi connectivity index (χ3n) is 2.13. The summed E-state index contributed by atoms with van der Waals surface area (Å²) in [7, 11) is 1.79. The average molecular weight is 179 g/mol. The molecule has 0 aromatic rings. The monoisotopic (exact) mass is 178 g/mol. The molecule has 1 saturated heterocycles. The van der Waals surface area contributed by atoms with Crippen LogP contribution in [0.2, 0.25) is 0 Å². The first-order valence-corrected chi connectivity index (χ1v) is 3.46. The van der Waals surface area contributed by atoms with Gasteiger partial charge in [-0.05, 0) is 0 Å². The number of likely N-dealkylation sites (tertiary alicyclic amines) is 1. The predicted molar refractivity (Wildman–Crippen MR) is 46.6 cm³/mol. The van der Waals surface area contributed by atoms with Gasteiger partial charge in [0.05, 0.1) is 6.04 Å². The Bertz CT molecular complexity index is 170. The van der Waals surface area contributed by atoms with Gasteiger partial charge in [0, 0.05) is 19.0 Å². The van der Waals surface area contributed by atoms with E-state index in [1.165, 1.54) is 0 Å². The second-order valence-corrected chi connectivity index (χ2v) is 3.66. The Morgan fingerprint density at radius 3 is 2.18 bits per heavy atom. The standard InChI is InChI=1S/C7H14N2O.ClH/c1-7(2)4-9(3)6(10)5(7)8;/h5H,4,8H2,1-3H3;1H. The molecule has 4 heteroatoms. The van der Waals surface area contributed by atoms with E-state index in [0.717, 1.165) is 6.54 Å². The quantitative estimate of drug-likeness (QED) is 0.578. The van der Waals surface area contributed by atoms with Crippen LogP contribution in [0, 0.1) is 5.41 Å². The number of likely N-dealkylation sites (N-methyl/N-ethyl adjacent to an activating group) is 1. The van der Waals surface area contributed by atoms with Crippen molar-refractivity contribution in [3.05, 3.63) is 0 Å². The molecule has 1 aliphatic rings. The molecule has 3 nitrogen and oxygen atoms in total. The molecule has 0 spiro atoms. The summed E-state index contributed by atoms with van der Waals surface area (Å²) in [5.41, 5.74) is 5.61. The molecule has 1 rings (SSSR count). The first-order chi connectivity index (χ1) is 4.45. The minimum atomic E-state index is -0.308. The van der Waals surface area contributed by atoms with Crippen LogP contribution in [0.1, 0.15) is 13.8 Å². The lowest BCUT2D eigenvalue weighted by molar-refractivity contribution is -0.127. The van der Waals surface area contributed by atoms with Crippen LogP contribution in [0.15, 0.2) is 0 Å². The summed E-state index contributed by atoms with van der Waals surface area (Å²) >= 11 is 0. The molecule has 2 N–H and O–H groups in total. The molecular formula is C7H15ClN2O. The molecule has 0 bridgehead atoms. The van der Waals surface area contributed by atoms with Gasteiger partial charge in [-0.25, -0.2) is 0 Å². The van der Waals surface area contributed by atoms with Crippen LogP contribution in [0.5, 0.6) is 0 Å². The zero-order valence-corrected chi connectivity index (χ0v) is 7.94. The first-order valence-electron chi connectivity index (χ1n) is 3.46. The second-order valence-electron chi connectivity index (χ2n) is 3.66. The molecule has 0 aromatic heterocycles. The van der Waals surface area contributed by atoms with E-state index >= 15 is 0 Å². The minimum absolute atomic E-state index is 0. The molecule has 0 aliphatic carbocycles.